The molecule has 0 saturated heterocycles. The molecule has 1 aromatic rings. The molecule has 0 heterocycles. The molecule has 2 N–H and O–H groups in total. The largest absolute Gasteiger partial charge is 0.395 e. The predicted molar refractivity (Wildman–Crippen MR) is 76.2 cm³/mol. The molecule has 0 unspecified atom stereocenters. The summed E-state index contributed by atoms with van der Waals surface area (Å²) < 4.78 is 23.2. The zero-order valence-electron chi connectivity index (χ0n) is 10.8. The Hall–Kier alpha value is -0.620. The highest BCUT2D eigenvalue weighted by molar-refractivity contribution is 7.91. The summed E-state index contributed by atoms with van der Waals surface area (Å²) in [4.78, 5) is 0. The molecule has 0 bridgehead atoms. The summed E-state index contributed by atoms with van der Waals surface area (Å²) in [5.41, 5.74) is -0.263. The Kier molecular flexibility index (Phi) is 5.80. The lowest BCUT2D eigenvalue weighted by Crippen LogP contribution is -2.37. The molecule has 1 rings (SSSR count). The van der Waals surface area contributed by atoms with Crippen molar-refractivity contribution in [2.75, 3.05) is 24.7 Å². The van der Waals surface area contributed by atoms with Crippen molar-refractivity contribution in [2.24, 2.45) is 0 Å². The molecule has 0 amide bonds. The topological polar surface area (TPSA) is 74.6 Å². The van der Waals surface area contributed by atoms with E-state index in [1.54, 1.807) is 31.2 Å². The second-order valence-corrected chi connectivity index (χ2v) is 7.50. The normalized spacial score (nSPS) is 12.6. The molecule has 0 aliphatic carbocycles. The SMILES string of the molecule is CCS(=O)(=O)CCC(CO)(CO)c1ccc(Cl)cc1. The van der Waals surface area contributed by atoms with Crippen LogP contribution in [0, 0.1) is 0 Å². The second-order valence-electron chi connectivity index (χ2n) is 4.59. The molecule has 0 atom stereocenters. The van der Waals surface area contributed by atoms with E-state index in [-0.39, 0.29) is 31.1 Å². The maximum Gasteiger partial charge on any atom is 0.150 e. The Bertz CT molecular complexity index is 492. The van der Waals surface area contributed by atoms with Gasteiger partial charge in [-0.05, 0) is 24.1 Å². The third-order valence-corrected chi connectivity index (χ3v) is 5.35. The quantitative estimate of drug-likeness (QED) is 0.798. The zero-order valence-corrected chi connectivity index (χ0v) is 12.4. The second kappa shape index (κ2) is 6.70. The van der Waals surface area contributed by atoms with Gasteiger partial charge in [0, 0.05) is 16.2 Å². The zero-order chi connectivity index (χ0) is 14.5. The molecular weight excluding hydrogens is 288 g/mol. The van der Waals surface area contributed by atoms with Crippen molar-refractivity contribution < 1.29 is 18.6 Å². The lowest BCUT2D eigenvalue weighted by molar-refractivity contribution is 0.114. The molecule has 4 nitrogen and oxygen atoms in total. The van der Waals surface area contributed by atoms with Crippen LogP contribution in [0.4, 0.5) is 0 Å². The third kappa shape index (κ3) is 4.18. The Labute approximate surface area is 119 Å². The highest BCUT2D eigenvalue weighted by atomic mass is 35.5. The van der Waals surface area contributed by atoms with E-state index in [1.807, 2.05) is 0 Å². The molecule has 0 aliphatic rings. The Morgan fingerprint density at radius 2 is 1.68 bits per heavy atom. The van der Waals surface area contributed by atoms with Gasteiger partial charge in [-0.1, -0.05) is 30.7 Å². The number of rotatable bonds is 7. The van der Waals surface area contributed by atoms with Crippen molar-refractivity contribution in [1.29, 1.82) is 0 Å². The monoisotopic (exact) mass is 306 g/mol. The Balaban J connectivity index is 3.00. The van der Waals surface area contributed by atoms with E-state index in [9.17, 15) is 18.6 Å². The van der Waals surface area contributed by atoms with Crippen molar-refractivity contribution in [3.05, 3.63) is 34.9 Å². The van der Waals surface area contributed by atoms with Crippen LogP contribution in [0.5, 0.6) is 0 Å². The van der Waals surface area contributed by atoms with Gasteiger partial charge in [-0.25, -0.2) is 8.42 Å². The van der Waals surface area contributed by atoms with Gasteiger partial charge in [0.25, 0.3) is 0 Å². The third-order valence-electron chi connectivity index (χ3n) is 3.39. The van der Waals surface area contributed by atoms with E-state index >= 15 is 0 Å². The molecule has 0 spiro atoms. The number of hydrogen-bond acceptors (Lipinski definition) is 4. The van der Waals surface area contributed by atoms with E-state index in [2.05, 4.69) is 0 Å². The molecule has 0 saturated carbocycles. The van der Waals surface area contributed by atoms with Gasteiger partial charge >= 0.3 is 0 Å². The van der Waals surface area contributed by atoms with Crippen LogP contribution in [0.25, 0.3) is 0 Å². The fourth-order valence-electron chi connectivity index (χ4n) is 1.83. The number of halogens is 1. The molecule has 6 heteroatoms. The Morgan fingerprint density at radius 1 is 1.16 bits per heavy atom. The molecule has 0 fully saturated rings. The van der Waals surface area contributed by atoms with E-state index in [4.69, 9.17) is 11.6 Å². The molecule has 0 radical (unpaired) electrons. The van der Waals surface area contributed by atoms with Gasteiger partial charge in [0.2, 0.25) is 0 Å². The highest BCUT2D eigenvalue weighted by Crippen LogP contribution is 2.29. The maximum atomic E-state index is 11.6. The molecule has 1 aromatic carbocycles. The standard InChI is InChI=1S/C13H19ClO4S/c1-2-19(17,18)8-7-13(9-15,10-16)11-3-5-12(14)6-4-11/h3-6,15-16H,2,7-10H2,1H3. The van der Waals surface area contributed by atoms with Crippen LogP contribution < -0.4 is 0 Å². The summed E-state index contributed by atoms with van der Waals surface area (Å²) in [6, 6.07) is 6.72. The first-order valence-corrected chi connectivity index (χ1v) is 8.27. The molecule has 0 aromatic heterocycles. The number of aliphatic hydroxyl groups is 2. The van der Waals surface area contributed by atoms with Crippen molar-refractivity contribution in [2.45, 2.75) is 18.8 Å². The summed E-state index contributed by atoms with van der Waals surface area (Å²) in [6.07, 6.45) is 0.178. The fraction of sp³-hybridized carbons (Fsp3) is 0.538. The number of hydrogen-bond donors (Lipinski definition) is 2. The molecule has 19 heavy (non-hydrogen) atoms. The van der Waals surface area contributed by atoms with Crippen LogP contribution in [0.2, 0.25) is 5.02 Å². The van der Waals surface area contributed by atoms with Gasteiger partial charge < -0.3 is 10.2 Å². The van der Waals surface area contributed by atoms with Crippen LogP contribution >= 0.6 is 11.6 Å². The van der Waals surface area contributed by atoms with Crippen LogP contribution in [-0.2, 0) is 15.3 Å². The number of sulfone groups is 1. The van der Waals surface area contributed by atoms with Crippen LogP contribution in [0.15, 0.2) is 24.3 Å². The van der Waals surface area contributed by atoms with Gasteiger partial charge in [-0.2, -0.15) is 0 Å². The molecular formula is C13H19ClO4S. The van der Waals surface area contributed by atoms with Crippen molar-refractivity contribution in [3.8, 4) is 0 Å². The average molecular weight is 307 g/mol. The first-order valence-electron chi connectivity index (χ1n) is 6.07. The highest BCUT2D eigenvalue weighted by Gasteiger charge is 2.32. The first kappa shape index (κ1) is 16.4. The van der Waals surface area contributed by atoms with Gasteiger partial charge in [-0.15, -0.1) is 0 Å². The molecule has 0 aliphatic heterocycles. The van der Waals surface area contributed by atoms with Gasteiger partial charge in [-0.3, -0.25) is 0 Å². The number of benzene rings is 1. The summed E-state index contributed by atoms with van der Waals surface area (Å²) in [5, 5.41) is 19.7. The van der Waals surface area contributed by atoms with Crippen molar-refractivity contribution >= 4 is 21.4 Å². The van der Waals surface area contributed by atoms with Gasteiger partial charge in [0.05, 0.1) is 19.0 Å². The smallest absolute Gasteiger partial charge is 0.150 e. The summed E-state index contributed by atoms with van der Waals surface area (Å²) >= 11 is 5.80. The lowest BCUT2D eigenvalue weighted by Gasteiger charge is -2.30. The van der Waals surface area contributed by atoms with Gasteiger partial charge in [0.15, 0.2) is 0 Å². The van der Waals surface area contributed by atoms with Crippen LogP contribution in [0.3, 0.4) is 0 Å². The van der Waals surface area contributed by atoms with E-state index in [1.165, 1.54) is 0 Å². The van der Waals surface area contributed by atoms with Gasteiger partial charge in [0.1, 0.15) is 9.84 Å². The summed E-state index contributed by atoms with van der Waals surface area (Å²) in [7, 11) is -3.14. The lowest BCUT2D eigenvalue weighted by atomic mass is 9.79. The van der Waals surface area contributed by atoms with E-state index in [0.29, 0.717) is 10.6 Å². The minimum atomic E-state index is -3.14. The average Bonchev–Trinajstić information content (AvgIpc) is 2.42. The van der Waals surface area contributed by atoms with Crippen LogP contribution in [-0.4, -0.2) is 43.4 Å². The minimum Gasteiger partial charge on any atom is -0.395 e. The predicted octanol–water partition coefficient (Wildman–Crippen LogP) is 1.39. The van der Waals surface area contributed by atoms with Crippen molar-refractivity contribution in [1.82, 2.24) is 0 Å². The van der Waals surface area contributed by atoms with E-state index in [0.717, 1.165) is 0 Å². The number of aliphatic hydroxyl groups excluding tert-OH is 2. The fourth-order valence-corrected chi connectivity index (χ4v) is 2.95. The van der Waals surface area contributed by atoms with Crippen molar-refractivity contribution in [3.63, 3.8) is 0 Å². The van der Waals surface area contributed by atoms with Crippen LogP contribution in [0.1, 0.15) is 18.9 Å². The molecule has 108 valence electrons. The Morgan fingerprint density at radius 3 is 2.11 bits per heavy atom. The maximum absolute atomic E-state index is 11.6. The summed E-state index contributed by atoms with van der Waals surface area (Å²) in [6.45, 7) is 0.950. The minimum absolute atomic E-state index is 0.0561. The summed E-state index contributed by atoms with van der Waals surface area (Å²) in [5.74, 6) is -0.00615. The first-order chi connectivity index (χ1) is 8.89. The van der Waals surface area contributed by atoms with E-state index < -0.39 is 15.3 Å².